The van der Waals surface area contributed by atoms with Gasteiger partial charge in [0.05, 0.1) is 28.3 Å². The van der Waals surface area contributed by atoms with Crippen molar-refractivity contribution in [2.45, 2.75) is 46.1 Å². The largest absolute Gasteiger partial charge is 0.383 e. The van der Waals surface area contributed by atoms with Gasteiger partial charge in [-0.2, -0.15) is 4.98 Å². The first-order chi connectivity index (χ1) is 14.1. The average molecular weight is 413 g/mol. The van der Waals surface area contributed by atoms with E-state index in [0.29, 0.717) is 31.1 Å². The molecule has 29 heavy (non-hydrogen) atoms. The monoisotopic (exact) mass is 412 g/mol. The van der Waals surface area contributed by atoms with Gasteiger partial charge in [-0.15, -0.1) is 11.3 Å². The van der Waals surface area contributed by atoms with Crippen LogP contribution in [0.4, 0.5) is 11.8 Å². The highest BCUT2D eigenvalue weighted by Crippen LogP contribution is 2.38. The van der Waals surface area contributed by atoms with Crippen LogP contribution in [-0.4, -0.2) is 46.2 Å². The van der Waals surface area contributed by atoms with Crippen LogP contribution in [0.3, 0.4) is 0 Å². The molecule has 1 fully saturated rings. The van der Waals surface area contributed by atoms with Gasteiger partial charge in [0.2, 0.25) is 5.95 Å². The van der Waals surface area contributed by atoms with Crippen LogP contribution in [0.25, 0.3) is 20.8 Å². The van der Waals surface area contributed by atoms with Crippen LogP contribution >= 0.6 is 11.3 Å². The Balaban J connectivity index is 1.76. The summed E-state index contributed by atoms with van der Waals surface area (Å²) in [6, 6.07) is 2.44. The Hall–Kier alpha value is -2.32. The molecule has 7 nitrogen and oxygen atoms in total. The maximum Gasteiger partial charge on any atom is 0.224 e. The lowest BCUT2D eigenvalue weighted by Gasteiger charge is -2.21. The lowest BCUT2D eigenvalue weighted by atomic mass is 10.1. The molecule has 1 aliphatic rings. The molecule has 0 amide bonds. The van der Waals surface area contributed by atoms with E-state index in [-0.39, 0.29) is 0 Å². The third-order valence-corrected chi connectivity index (χ3v) is 6.60. The molecule has 0 aromatic carbocycles. The molecule has 4 rings (SSSR count). The second-order valence-electron chi connectivity index (χ2n) is 7.70. The van der Waals surface area contributed by atoms with Crippen molar-refractivity contribution in [3.63, 3.8) is 0 Å². The number of nitrogens with zero attached hydrogens (tertiary/aromatic N) is 4. The van der Waals surface area contributed by atoms with Crippen molar-refractivity contribution < 1.29 is 4.74 Å². The van der Waals surface area contributed by atoms with E-state index in [9.17, 15) is 0 Å². The van der Waals surface area contributed by atoms with Gasteiger partial charge in [-0.1, -0.05) is 13.3 Å². The van der Waals surface area contributed by atoms with E-state index < -0.39 is 0 Å². The summed E-state index contributed by atoms with van der Waals surface area (Å²) < 4.78 is 6.27. The molecule has 0 aliphatic heterocycles. The lowest BCUT2D eigenvalue weighted by molar-refractivity contribution is 0.210. The van der Waals surface area contributed by atoms with Crippen LogP contribution < -0.4 is 10.6 Å². The van der Waals surface area contributed by atoms with Crippen LogP contribution in [-0.2, 0) is 4.74 Å². The van der Waals surface area contributed by atoms with Crippen molar-refractivity contribution in [1.82, 2.24) is 19.9 Å². The fourth-order valence-electron chi connectivity index (χ4n) is 3.90. The van der Waals surface area contributed by atoms with Crippen molar-refractivity contribution in [3.8, 4) is 10.6 Å². The molecular weight excluding hydrogens is 384 g/mol. The normalized spacial score (nSPS) is 19.0. The summed E-state index contributed by atoms with van der Waals surface area (Å²) in [5.74, 6) is 2.11. The number of aromatic nitrogens is 4. The summed E-state index contributed by atoms with van der Waals surface area (Å²) in [6.45, 7) is 7.61. The van der Waals surface area contributed by atoms with Crippen LogP contribution in [0, 0.1) is 19.8 Å². The number of thiazole rings is 1. The van der Waals surface area contributed by atoms with E-state index >= 15 is 0 Å². The minimum absolute atomic E-state index is 0.424. The number of fused-ring (bicyclic) bond motifs is 1. The van der Waals surface area contributed by atoms with Gasteiger partial charge in [0.25, 0.3) is 0 Å². The van der Waals surface area contributed by atoms with Gasteiger partial charge < -0.3 is 15.4 Å². The Labute approximate surface area is 175 Å². The molecule has 0 radical (unpaired) electrons. The highest BCUT2D eigenvalue weighted by Gasteiger charge is 2.26. The molecule has 8 heteroatoms. The molecule has 1 saturated carbocycles. The molecule has 0 spiro atoms. The van der Waals surface area contributed by atoms with Crippen LogP contribution in [0.15, 0.2) is 12.3 Å². The molecule has 2 atom stereocenters. The summed E-state index contributed by atoms with van der Waals surface area (Å²) in [4.78, 5) is 18.8. The molecule has 3 heterocycles. The number of anilines is 2. The van der Waals surface area contributed by atoms with E-state index in [4.69, 9.17) is 19.7 Å². The van der Waals surface area contributed by atoms with Gasteiger partial charge >= 0.3 is 0 Å². The molecular formula is C21H28N6OS. The Morgan fingerprint density at radius 2 is 2.03 bits per heavy atom. The molecule has 0 saturated heterocycles. The second-order valence-corrected chi connectivity index (χ2v) is 8.73. The summed E-state index contributed by atoms with van der Waals surface area (Å²) >= 11 is 1.67. The Kier molecular flexibility index (Phi) is 5.91. The number of hydrogen-bond donors (Lipinski definition) is 2. The van der Waals surface area contributed by atoms with E-state index in [0.717, 1.165) is 38.0 Å². The molecule has 0 unspecified atom stereocenters. The van der Waals surface area contributed by atoms with Crippen molar-refractivity contribution in [1.29, 1.82) is 0 Å². The van der Waals surface area contributed by atoms with Crippen LogP contribution in [0.1, 0.15) is 37.6 Å². The molecule has 154 valence electrons. The summed E-state index contributed by atoms with van der Waals surface area (Å²) in [5, 5.41) is 7.92. The summed E-state index contributed by atoms with van der Waals surface area (Å²) in [5.41, 5.74) is 3.80. The Bertz CT molecular complexity index is 1000. The van der Waals surface area contributed by atoms with Gasteiger partial charge in [0.1, 0.15) is 16.3 Å². The number of ether oxygens (including phenoxy) is 1. The molecule has 3 aromatic heterocycles. The predicted octanol–water partition coefficient (Wildman–Crippen LogP) is 4.42. The maximum atomic E-state index is 5.14. The number of pyridine rings is 1. The number of nitrogens with one attached hydrogen (secondary N) is 2. The van der Waals surface area contributed by atoms with Gasteiger partial charge in [-0.05, 0) is 38.7 Å². The highest BCUT2D eigenvalue weighted by molar-refractivity contribution is 7.21. The number of hydrogen-bond acceptors (Lipinski definition) is 8. The molecule has 3 aromatic rings. The third kappa shape index (κ3) is 4.18. The van der Waals surface area contributed by atoms with E-state index in [1.165, 1.54) is 19.3 Å². The number of methoxy groups -OCH3 is 1. The quantitative estimate of drug-likeness (QED) is 0.556. The summed E-state index contributed by atoms with van der Waals surface area (Å²) in [7, 11) is 1.69. The zero-order valence-corrected chi connectivity index (χ0v) is 18.3. The number of aryl methyl sites for hydroxylation is 2. The van der Waals surface area contributed by atoms with E-state index in [2.05, 4.69) is 22.5 Å². The fourth-order valence-corrected chi connectivity index (χ4v) is 5.01. The van der Waals surface area contributed by atoms with Crippen LogP contribution in [0.5, 0.6) is 0 Å². The minimum Gasteiger partial charge on any atom is -0.383 e. The fraction of sp³-hybridized carbons (Fsp3) is 0.524. The van der Waals surface area contributed by atoms with Gasteiger partial charge in [-0.3, -0.25) is 4.98 Å². The first-order valence-corrected chi connectivity index (χ1v) is 11.0. The molecule has 1 aliphatic carbocycles. The second kappa shape index (κ2) is 8.59. The lowest BCUT2D eigenvalue weighted by Crippen LogP contribution is -2.24. The minimum atomic E-state index is 0.424. The van der Waals surface area contributed by atoms with Crippen molar-refractivity contribution in [2.75, 3.05) is 30.9 Å². The van der Waals surface area contributed by atoms with Crippen molar-refractivity contribution in [2.24, 2.45) is 5.92 Å². The van der Waals surface area contributed by atoms with Crippen LogP contribution in [0.2, 0.25) is 0 Å². The Morgan fingerprint density at radius 3 is 2.76 bits per heavy atom. The smallest absolute Gasteiger partial charge is 0.224 e. The first-order valence-electron chi connectivity index (χ1n) is 10.2. The number of rotatable bonds is 7. The standard InChI is InChI=1S/C21H28N6OS/c1-12-6-5-7-15(12)25-19-17(13(2)24-21(27-19)23-10-11-28-4)20-26-18-14(3)22-9-8-16(18)29-20/h8-9,12,15H,5-7,10-11H2,1-4H3,(H2,23,24,25,27)/t12-,15-/m0/s1. The summed E-state index contributed by atoms with van der Waals surface area (Å²) in [6.07, 6.45) is 5.51. The zero-order chi connectivity index (χ0) is 20.4. The average Bonchev–Trinajstić information content (AvgIpc) is 3.29. The van der Waals surface area contributed by atoms with Gasteiger partial charge in [-0.25, -0.2) is 9.97 Å². The zero-order valence-electron chi connectivity index (χ0n) is 17.5. The van der Waals surface area contributed by atoms with E-state index in [1.54, 1.807) is 18.4 Å². The SMILES string of the molecule is COCCNc1nc(C)c(-c2nc3c(C)nccc3s2)c(N[C@H]2CCC[C@@H]2C)n1. The van der Waals surface area contributed by atoms with Crippen molar-refractivity contribution in [3.05, 3.63) is 23.7 Å². The molecule has 0 bridgehead atoms. The third-order valence-electron chi connectivity index (χ3n) is 5.57. The highest BCUT2D eigenvalue weighted by atomic mass is 32.1. The topological polar surface area (TPSA) is 84.8 Å². The van der Waals surface area contributed by atoms with Crippen molar-refractivity contribution >= 4 is 33.3 Å². The van der Waals surface area contributed by atoms with E-state index in [1.807, 2.05) is 26.1 Å². The van der Waals surface area contributed by atoms with Gasteiger partial charge in [0.15, 0.2) is 0 Å². The van der Waals surface area contributed by atoms with Gasteiger partial charge in [0, 0.05) is 25.9 Å². The first kappa shape index (κ1) is 20.0. The predicted molar refractivity (Wildman–Crippen MR) is 119 cm³/mol. The molecule has 2 N–H and O–H groups in total. The maximum absolute atomic E-state index is 5.14. The Morgan fingerprint density at radius 1 is 1.17 bits per heavy atom.